The van der Waals surface area contributed by atoms with Crippen molar-refractivity contribution in [2.75, 3.05) is 33.4 Å². The Hall–Kier alpha value is -0.610. The highest BCUT2D eigenvalue weighted by molar-refractivity contribution is 5.80. The molecule has 4 nitrogen and oxygen atoms in total. The molecule has 0 aromatic carbocycles. The molecule has 81 valence electrons. The van der Waals surface area contributed by atoms with Crippen LogP contribution in [0.15, 0.2) is 0 Å². The van der Waals surface area contributed by atoms with Crippen LogP contribution in [0, 0.1) is 6.92 Å². The summed E-state index contributed by atoms with van der Waals surface area (Å²) in [6.07, 6.45) is 2.03. The largest absolute Gasteiger partial charge is 0.385 e. The molecule has 1 saturated heterocycles. The van der Waals surface area contributed by atoms with Gasteiger partial charge in [0.2, 0.25) is 5.91 Å². The van der Waals surface area contributed by atoms with Gasteiger partial charge in [0.15, 0.2) is 0 Å². The van der Waals surface area contributed by atoms with Crippen molar-refractivity contribution >= 4 is 5.91 Å². The fourth-order valence-electron chi connectivity index (χ4n) is 1.54. The van der Waals surface area contributed by atoms with Crippen LogP contribution in [0.2, 0.25) is 0 Å². The van der Waals surface area contributed by atoms with E-state index < -0.39 is 0 Å². The van der Waals surface area contributed by atoms with E-state index in [1.807, 2.05) is 0 Å². The van der Waals surface area contributed by atoms with Gasteiger partial charge in [-0.25, -0.2) is 0 Å². The van der Waals surface area contributed by atoms with Gasteiger partial charge >= 0.3 is 0 Å². The van der Waals surface area contributed by atoms with E-state index in [0.29, 0.717) is 13.2 Å². The van der Waals surface area contributed by atoms with Crippen LogP contribution in [-0.2, 0) is 14.3 Å². The van der Waals surface area contributed by atoms with Crippen LogP contribution in [-0.4, -0.2) is 50.3 Å². The SMILES string of the molecule is [CH2]C(=O)N1CCC(OCCCOC)C1. The molecule has 0 bridgehead atoms. The molecule has 1 heterocycles. The van der Waals surface area contributed by atoms with Gasteiger partial charge in [-0.05, 0) is 12.8 Å². The lowest BCUT2D eigenvalue weighted by Gasteiger charge is -2.14. The summed E-state index contributed by atoms with van der Waals surface area (Å²) in [7, 11) is 1.68. The number of nitrogens with zero attached hydrogens (tertiary/aromatic N) is 1. The lowest BCUT2D eigenvalue weighted by atomic mass is 10.3. The summed E-state index contributed by atoms with van der Waals surface area (Å²) in [5.41, 5.74) is 0. The van der Waals surface area contributed by atoms with Crippen molar-refractivity contribution in [3.8, 4) is 0 Å². The van der Waals surface area contributed by atoms with E-state index in [1.54, 1.807) is 12.0 Å². The summed E-state index contributed by atoms with van der Waals surface area (Å²) in [5, 5.41) is 0. The Labute approximate surface area is 85.2 Å². The van der Waals surface area contributed by atoms with E-state index in [-0.39, 0.29) is 12.0 Å². The fraction of sp³-hybridized carbons (Fsp3) is 0.800. The standard InChI is InChI=1S/C10H18NO3/c1-9(12)11-5-4-10(8-11)14-7-3-6-13-2/h10H,1,3-8H2,2H3. The third-order valence-electron chi connectivity index (χ3n) is 2.34. The number of ether oxygens (including phenoxy) is 2. The maximum absolute atomic E-state index is 10.9. The Morgan fingerprint density at radius 3 is 2.93 bits per heavy atom. The Morgan fingerprint density at radius 2 is 2.36 bits per heavy atom. The monoisotopic (exact) mass is 200 g/mol. The second-order valence-corrected chi connectivity index (χ2v) is 3.47. The third kappa shape index (κ3) is 3.64. The molecule has 4 heteroatoms. The second-order valence-electron chi connectivity index (χ2n) is 3.47. The lowest BCUT2D eigenvalue weighted by molar-refractivity contribution is -0.125. The van der Waals surface area contributed by atoms with Crippen LogP contribution >= 0.6 is 0 Å². The maximum atomic E-state index is 10.9. The van der Waals surface area contributed by atoms with Gasteiger partial charge in [-0.1, -0.05) is 0 Å². The average Bonchev–Trinajstić information content (AvgIpc) is 2.61. The number of carbonyl (C=O) groups excluding carboxylic acids is 1. The number of carbonyl (C=O) groups is 1. The topological polar surface area (TPSA) is 38.8 Å². The molecule has 1 rings (SSSR count). The molecule has 14 heavy (non-hydrogen) atoms. The molecule has 1 unspecified atom stereocenters. The molecule has 1 atom stereocenters. The smallest absolute Gasteiger partial charge is 0.223 e. The van der Waals surface area contributed by atoms with Crippen LogP contribution in [0.3, 0.4) is 0 Å². The van der Waals surface area contributed by atoms with Gasteiger partial charge in [0.25, 0.3) is 0 Å². The van der Waals surface area contributed by atoms with Crippen molar-refractivity contribution in [1.29, 1.82) is 0 Å². The number of hydrogen-bond donors (Lipinski definition) is 0. The van der Waals surface area contributed by atoms with Gasteiger partial charge in [0.05, 0.1) is 6.10 Å². The first-order valence-corrected chi connectivity index (χ1v) is 4.95. The van der Waals surface area contributed by atoms with E-state index in [0.717, 1.165) is 26.0 Å². The molecule has 1 fully saturated rings. The van der Waals surface area contributed by atoms with Gasteiger partial charge < -0.3 is 14.4 Å². The zero-order valence-corrected chi connectivity index (χ0v) is 8.70. The zero-order chi connectivity index (χ0) is 10.4. The highest BCUT2D eigenvalue weighted by atomic mass is 16.5. The van der Waals surface area contributed by atoms with Gasteiger partial charge in [-0.3, -0.25) is 4.79 Å². The molecular weight excluding hydrogens is 182 g/mol. The van der Waals surface area contributed by atoms with Gasteiger partial charge in [-0.2, -0.15) is 0 Å². The number of hydrogen-bond acceptors (Lipinski definition) is 3. The summed E-state index contributed by atoms with van der Waals surface area (Å²) in [6, 6.07) is 0. The lowest BCUT2D eigenvalue weighted by Crippen LogP contribution is -2.28. The van der Waals surface area contributed by atoms with Crippen molar-refractivity contribution in [3.63, 3.8) is 0 Å². The predicted octanol–water partition coefficient (Wildman–Crippen LogP) is 0.474. The summed E-state index contributed by atoms with van der Waals surface area (Å²) >= 11 is 0. The molecule has 0 aromatic heterocycles. The summed E-state index contributed by atoms with van der Waals surface area (Å²) < 4.78 is 10.5. The molecular formula is C10H18NO3. The Balaban J connectivity index is 2.07. The van der Waals surface area contributed by atoms with E-state index in [1.165, 1.54) is 0 Å². The van der Waals surface area contributed by atoms with Crippen molar-refractivity contribution in [1.82, 2.24) is 4.90 Å². The molecule has 1 aliphatic heterocycles. The van der Waals surface area contributed by atoms with Gasteiger partial charge in [0.1, 0.15) is 0 Å². The van der Waals surface area contributed by atoms with Crippen molar-refractivity contribution < 1.29 is 14.3 Å². The first-order valence-electron chi connectivity index (χ1n) is 4.95. The second kappa shape index (κ2) is 5.98. The van der Waals surface area contributed by atoms with Gasteiger partial charge in [0, 0.05) is 40.3 Å². The highest BCUT2D eigenvalue weighted by Gasteiger charge is 2.24. The molecule has 1 radical (unpaired) electrons. The van der Waals surface area contributed by atoms with Crippen LogP contribution in [0.5, 0.6) is 0 Å². The summed E-state index contributed by atoms with van der Waals surface area (Å²) in [4.78, 5) is 12.6. The first kappa shape index (κ1) is 11.5. The zero-order valence-electron chi connectivity index (χ0n) is 8.70. The molecule has 0 aliphatic carbocycles. The average molecular weight is 200 g/mol. The minimum Gasteiger partial charge on any atom is -0.385 e. The van der Waals surface area contributed by atoms with Gasteiger partial charge in [-0.15, -0.1) is 0 Å². The Morgan fingerprint density at radius 1 is 1.57 bits per heavy atom. The normalized spacial score (nSPS) is 21.6. The van der Waals surface area contributed by atoms with Crippen molar-refractivity contribution in [3.05, 3.63) is 6.92 Å². The Bertz CT molecular complexity index is 184. The molecule has 0 N–H and O–H groups in total. The minimum atomic E-state index is -0.104. The van der Waals surface area contributed by atoms with Crippen LogP contribution in [0.25, 0.3) is 0 Å². The number of amides is 1. The maximum Gasteiger partial charge on any atom is 0.223 e. The number of likely N-dealkylation sites (tertiary alicyclic amines) is 1. The molecule has 1 amide bonds. The van der Waals surface area contributed by atoms with Crippen LogP contribution < -0.4 is 0 Å². The Kier molecular flexibility index (Phi) is 4.90. The van der Waals surface area contributed by atoms with Crippen molar-refractivity contribution in [2.45, 2.75) is 18.9 Å². The van der Waals surface area contributed by atoms with E-state index >= 15 is 0 Å². The van der Waals surface area contributed by atoms with Crippen molar-refractivity contribution in [2.24, 2.45) is 0 Å². The van der Waals surface area contributed by atoms with E-state index in [2.05, 4.69) is 6.92 Å². The quantitative estimate of drug-likeness (QED) is 0.606. The third-order valence-corrected chi connectivity index (χ3v) is 2.34. The fourth-order valence-corrected chi connectivity index (χ4v) is 1.54. The van der Waals surface area contributed by atoms with Crippen LogP contribution in [0.1, 0.15) is 12.8 Å². The van der Waals surface area contributed by atoms with E-state index in [4.69, 9.17) is 9.47 Å². The molecule has 0 spiro atoms. The molecule has 0 saturated carbocycles. The molecule has 1 aliphatic rings. The molecule has 0 aromatic rings. The van der Waals surface area contributed by atoms with E-state index in [9.17, 15) is 4.79 Å². The summed E-state index contributed by atoms with van der Waals surface area (Å²) in [5.74, 6) is -0.104. The number of rotatable bonds is 5. The summed E-state index contributed by atoms with van der Waals surface area (Å²) in [6.45, 7) is 6.27. The number of methoxy groups -OCH3 is 1. The minimum absolute atomic E-state index is 0.104. The highest BCUT2D eigenvalue weighted by Crippen LogP contribution is 2.12. The van der Waals surface area contributed by atoms with Crippen LogP contribution in [0.4, 0.5) is 0 Å². The predicted molar refractivity (Wildman–Crippen MR) is 52.8 cm³/mol. The first-order chi connectivity index (χ1) is 6.74.